The molecule has 8 aromatic carbocycles. The van der Waals surface area contributed by atoms with E-state index in [1.807, 2.05) is 0 Å². The van der Waals surface area contributed by atoms with Gasteiger partial charge in [0.1, 0.15) is 22.3 Å². The lowest BCUT2D eigenvalue weighted by Gasteiger charge is -2.08. The minimum absolute atomic E-state index is 0.856. The highest BCUT2D eigenvalue weighted by molar-refractivity contribution is 6.15. The van der Waals surface area contributed by atoms with Gasteiger partial charge >= 0.3 is 0 Å². The summed E-state index contributed by atoms with van der Waals surface area (Å²) < 4.78 is 12.9. The van der Waals surface area contributed by atoms with Gasteiger partial charge < -0.3 is 19.5 Å². The largest absolute Gasteiger partial charge is 0.456 e. The van der Waals surface area contributed by atoms with E-state index in [1.165, 1.54) is 33.4 Å². The van der Waals surface area contributed by atoms with Gasteiger partial charge in [0.2, 0.25) is 0 Å². The van der Waals surface area contributed by atoms with E-state index in [-0.39, 0.29) is 0 Å². The van der Waals surface area contributed by atoms with Crippen LogP contribution >= 0.6 is 0 Å². The van der Waals surface area contributed by atoms with Crippen molar-refractivity contribution in [1.29, 1.82) is 0 Å². The quantitative estimate of drug-likeness (QED) is 0.147. The van der Waals surface area contributed by atoms with Crippen molar-refractivity contribution in [3.05, 3.63) is 169 Å². The number of anilines is 4. The van der Waals surface area contributed by atoms with Crippen LogP contribution in [-0.2, 0) is 12.8 Å². The number of aryl methyl sites for hydroxylation is 2. The molecule has 0 unspecified atom stereocenters. The van der Waals surface area contributed by atoms with Gasteiger partial charge in [0, 0.05) is 56.4 Å². The number of fused-ring (bicyclic) bond motifs is 7. The zero-order valence-corrected chi connectivity index (χ0v) is 31.7. The summed E-state index contributed by atoms with van der Waals surface area (Å²) >= 11 is 0. The Morgan fingerprint density at radius 3 is 1.05 bits per heavy atom. The first-order chi connectivity index (χ1) is 27.6. The minimum atomic E-state index is 0.856. The molecule has 0 aliphatic carbocycles. The fourth-order valence-corrected chi connectivity index (χ4v) is 8.08. The van der Waals surface area contributed by atoms with Crippen molar-refractivity contribution in [3.63, 3.8) is 0 Å². The molecule has 0 saturated carbocycles. The van der Waals surface area contributed by atoms with Crippen LogP contribution in [0.15, 0.2) is 167 Å². The van der Waals surface area contributed by atoms with Crippen LogP contribution in [0.2, 0.25) is 0 Å². The normalized spacial score (nSPS) is 11.7. The average molecular weight is 727 g/mol. The van der Waals surface area contributed by atoms with Crippen LogP contribution < -0.4 is 10.6 Å². The molecule has 10 rings (SSSR count). The minimum Gasteiger partial charge on any atom is -0.456 e. The molecule has 4 nitrogen and oxygen atoms in total. The third-order valence-corrected chi connectivity index (χ3v) is 11.0. The molecule has 0 atom stereocenters. The van der Waals surface area contributed by atoms with E-state index in [9.17, 15) is 0 Å². The van der Waals surface area contributed by atoms with Crippen LogP contribution in [-0.4, -0.2) is 0 Å². The predicted octanol–water partition coefficient (Wildman–Crippen LogP) is 15.4. The molecule has 2 aromatic heterocycles. The van der Waals surface area contributed by atoms with E-state index in [4.69, 9.17) is 8.83 Å². The SMILES string of the molecule is CCCc1ccc(-c2ccc(Nc3ccc4c(c3)oc3cc5cc6c(cc5cc34)oc3cc(Nc4ccc(-c5ccc(CCC)cc5)cc4)ccc36)cc2)cc1. The molecular formula is C52H42N2O2. The molecule has 2 heterocycles. The van der Waals surface area contributed by atoms with Crippen LogP contribution in [0.3, 0.4) is 0 Å². The van der Waals surface area contributed by atoms with Crippen molar-refractivity contribution >= 4 is 77.4 Å². The van der Waals surface area contributed by atoms with Crippen molar-refractivity contribution in [2.45, 2.75) is 39.5 Å². The second kappa shape index (κ2) is 14.1. The maximum absolute atomic E-state index is 6.47. The maximum Gasteiger partial charge on any atom is 0.137 e. The Morgan fingerprint density at radius 1 is 0.339 bits per heavy atom. The Bertz CT molecular complexity index is 2800. The molecule has 0 aliphatic rings. The van der Waals surface area contributed by atoms with E-state index in [2.05, 4.69) is 182 Å². The lowest BCUT2D eigenvalue weighted by atomic mass is 10.0. The van der Waals surface area contributed by atoms with Crippen molar-refractivity contribution in [1.82, 2.24) is 0 Å². The first-order valence-electron chi connectivity index (χ1n) is 19.8. The van der Waals surface area contributed by atoms with Crippen molar-refractivity contribution in [3.8, 4) is 22.3 Å². The molecule has 0 spiro atoms. The van der Waals surface area contributed by atoms with Crippen LogP contribution in [0.4, 0.5) is 22.7 Å². The summed E-state index contributed by atoms with van der Waals surface area (Å²) in [5.74, 6) is 0. The molecule has 0 bridgehead atoms. The number of hydrogen-bond donors (Lipinski definition) is 2. The zero-order valence-electron chi connectivity index (χ0n) is 31.7. The van der Waals surface area contributed by atoms with Gasteiger partial charge in [-0.25, -0.2) is 0 Å². The fraction of sp³-hybridized carbons (Fsp3) is 0.115. The van der Waals surface area contributed by atoms with Gasteiger partial charge in [0.15, 0.2) is 0 Å². The summed E-state index contributed by atoms with van der Waals surface area (Å²) in [5.41, 5.74) is 15.2. The van der Waals surface area contributed by atoms with Gasteiger partial charge in [-0.1, -0.05) is 99.5 Å². The highest BCUT2D eigenvalue weighted by Gasteiger charge is 2.14. The lowest BCUT2D eigenvalue weighted by Crippen LogP contribution is -1.90. The number of nitrogens with one attached hydrogen (secondary N) is 2. The molecule has 0 fully saturated rings. The van der Waals surface area contributed by atoms with E-state index in [0.29, 0.717) is 0 Å². The predicted molar refractivity (Wildman–Crippen MR) is 237 cm³/mol. The monoisotopic (exact) mass is 726 g/mol. The molecule has 56 heavy (non-hydrogen) atoms. The molecule has 0 aliphatic heterocycles. The Kier molecular flexibility index (Phi) is 8.52. The van der Waals surface area contributed by atoms with Gasteiger partial charge in [-0.3, -0.25) is 0 Å². The molecule has 0 saturated heterocycles. The lowest BCUT2D eigenvalue weighted by molar-refractivity contribution is 0.668. The maximum atomic E-state index is 6.47. The Hall–Kier alpha value is -6.78. The van der Waals surface area contributed by atoms with Crippen LogP contribution in [0.25, 0.3) is 76.9 Å². The van der Waals surface area contributed by atoms with Gasteiger partial charge in [0.25, 0.3) is 0 Å². The van der Waals surface area contributed by atoms with Crippen LogP contribution in [0, 0.1) is 0 Å². The first-order valence-corrected chi connectivity index (χ1v) is 19.8. The van der Waals surface area contributed by atoms with Gasteiger partial charge in [-0.15, -0.1) is 0 Å². The highest BCUT2D eigenvalue weighted by Crippen LogP contribution is 2.39. The fourth-order valence-electron chi connectivity index (χ4n) is 8.08. The zero-order chi connectivity index (χ0) is 37.6. The van der Waals surface area contributed by atoms with Crippen molar-refractivity contribution in [2.24, 2.45) is 0 Å². The topological polar surface area (TPSA) is 50.3 Å². The summed E-state index contributed by atoms with van der Waals surface area (Å²) in [5, 5.41) is 13.7. The van der Waals surface area contributed by atoms with E-state index in [1.54, 1.807) is 0 Å². The van der Waals surface area contributed by atoms with E-state index in [0.717, 1.165) is 103 Å². The van der Waals surface area contributed by atoms with Gasteiger partial charge in [-0.05, 0) is 130 Å². The molecule has 0 amide bonds. The highest BCUT2D eigenvalue weighted by atomic mass is 16.3. The van der Waals surface area contributed by atoms with E-state index >= 15 is 0 Å². The third-order valence-electron chi connectivity index (χ3n) is 11.0. The van der Waals surface area contributed by atoms with Crippen molar-refractivity contribution in [2.75, 3.05) is 10.6 Å². The molecule has 2 N–H and O–H groups in total. The second-order valence-corrected chi connectivity index (χ2v) is 15.0. The smallest absolute Gasteiger partial charge is 0.137 e. The standard InChI is InChI=1S/C52H42N2O2/c1-3-5-33-7-11-35(12-8-33)37-15-19-41(20-16-37)53-43-23-25-45-47-27-39-30-50-48(28-40(39)29-49(47)55-51(45)31-43)46-26-24-44(32-52(46)56-50)54-42-21-17-38(18-22-42)36-13-9-34(6-4-2)10-14-36/h7-32,53-54H,3-6H2,1-2H3. The Labute approximate surface area is 326 Å². The Morgan fingerprint density at radius 2 is 0.679 bits per heavy atom. The molecule has 272 valence electrons. The van der Waals surface area contributed by atoms with E-state index < -0.39 is 0 Å². The summed E-state index contributed by atoms with van der Waals surface area (Å²) in [7, 11) is 0. The summed E-state index contributed by atoms with van der Waals surface area (Å²) in [4.78, 5) is 0. The average Bonchev–Trinajstić information content (AvgIpc) is 3.76. The molecule has 4 heteroatoms. The number of hydrogen-bond acceptors (Lipinski definition) is 4. The third kappa shape index (κ3) is 6.43. The first kappa shape index (κ1) is 33.8. The second-order valence-electron chi connectivity index (χ2n) is 15.0. The van der Waals surface area contributed by atoms with Crippen LogP contribution in [0.5, 0.6) is 0 Å². The summed E-state index contributed by atoms with van der Waals surface area (Å²) in [6.07, 6.45) is 4.56. The molecular weight excluding hydrogens is 685 g/mol. The van der Waals surface area contributed by atoms with Crippen molar-refractivity contribution < 1.29 is 8.83 Å². The summed E-state index contributed by atoms with van der Waals surface area (Å²) in [6.45, 7) is 4.44. The van der Waals surface area contributed by atoms with Gasteiger partial charge in [0.05, 0.1) is 0 Å². The number of benzene rings is 8. The number of rotatable bonds is 10. The van der Waals surface area contributed by atoms with Gasteiger partial charge in [-0.2, -0.15) is 0 Å². The Balaban J connectivity index is 0.879. The summed E-state index contributed by atoms with van der Waals surface area (Å²) in [6, 6.07) is 56.5. The molecule has 0 radical (unpaired) electrons. The van der Waals surface area contributed by atoms with Crippen LogP contribution in [0.1, 0.15) is 37.8 Å². The molecule has 10 aromatic rings. The number of furan rings is 2.